The summed E-state index contributed by atoms with van der Waals surface area (Å²) in [6.07, 6.45) is 2.18. The van der Waals surface area contributed by atoms with Crippen molar-refractivity contribution >= 4 is 23.1 Å². The van der Waals surface area contributed by atoms with Crippen molar-refractivity contribution in [2.75, 3.05) is 19.8 Å². The molecular formula is C12H15NO4S. The molecular weight excluding hydrogens is 254 g/mol. The van der Waals surface area contributed by atoms with Gasteiger partial charge in [-0.1, -0.05) is 0 Å². The fourth-order valence-electron chi connectivity index (χ4n) is 1.99. The zero-order valence-corrected chi connectivity index (χ0v) is 11.0. The van der Waals surface area contributed by atoms with Crippen LogP contribution in [0, 0.1) is 5.41 Å². The van der Waals surface area contributed by atoms with E-state index in [1.54, 1.807) is 13.1 Å². The Labute approximate surface area is 109 Å². The molecule has 1 aromatic rings. The van der Waals surface area contributed by atoms with Gasteiger partial charge in [-0.3, -0.25) is 9.59 Å². The molecule has 0 aromatic carbocycles. The zero-order chi connectivity index (χ0) is 13.0. The van der Waals surface area contributed by atoms with Gasteiger partial charge in [-0.2, -0.15) is 0 Å². The fraction of sp³-hybridized carbons (Fsp3) is 0.583. The van der Waals surface area contributed by atoms with Crippen LogP contribution in [0.15, 0.2) is 11.6 Å². The minimum absolute atomic E-state index is 0.0875. The van der Waals surface area contributed by atoms with Gasteiger partial charge in [-0.25, -0.2) is 4.98 Å². The number of thiazole rings is 1. The van der Waals surface area contributed by atoms with E-state index < -0.39 is 11.4 Å². The van der Waals surface area contributed by atoms with Gasteiger partial charge in [0.2, 0.25) is 0 Å². The van der Waals surface area contributed by atoms with Crippen LogP contribution in [0.3, 0.4) is 0 Å². The van der Waals surface area contributed by atoms with Gasteiger partial charge in [0.15, 0.2) is 11.2 Å². The first-order chi connectivity index (χ1) is 8.69. The number of carbonyl (C=O) groups is 2. The van der Waals surface area contributed by atoms with E-state index in [0.717, 1.165) is 5.01 Å². The van der Waals surface area contributed by atoms with Crippen molar-refractivity contribution < 1.29 is 19.1 Å². The second-order valence-electron chi connectivity index (χ2n) is 4.13. The van der Waals surface area contributed by atoms with Gasteiger partial charge in [0.25, 0.3) is 0 Å². The number of esters is 1. The second-order valence-corrected chi connectivity index (χ2v) is 5.11. The molecule has 1 fully saturated rings. The van der Waals surface area contributed by atoms with E-state index in [-0.39, 0.29) is 31.8 Å². The summed E-state index contributed by atoms with van der Waals surface area (Å²) in [6.45, 7) is 2.44. The zero-order valence-electron chi connectivity index (χ0n) is 10.2. The summed E-state index contributed by atoms with van der Waals surface area (Å²) in [5.74, 6) is -0.604. The third kappa shape index (κ3) is 2.44. The number of Topliss-reactive ketones (excluding diaryl/α,β-unsaturated/α-hetero) is 1. The molecule has 0 aliphatic carbocycles. The SMILES string of the molecule is CCOC(=O)C1(Cc2nccs2)COCCC1=O. The van der Waals surface area contributed by atoms with Gasteiger partial charge in [-0.05, 0) is 6.92 Å². The van der Waals surface area contributed by atoms with E-state index in [1.807, 2.05) is 5.38 Å². The van der Waals surface area contributed by atoms with Crippen LogP contribution in [0.2, 0.25) is 0 Å². The van der Waals surface area contributed by atoms with Crippen LogP contribution in [0.25, 0.3) is 0 Å². The van der Waals surface area contributed by atoms with Gasteiger partial charge in [-0.15, -0.1) is 11.3 Å². The molecule has 0 spiro atoms. The first-order valence-electron chi connectivity index (χ1n) is 5.85. The van der Waals surface area contributed by atoms with Crippen LogP contribution in [0.5, 0.6) is 0 Å². The number of aromatic nitrogens is 1. The van der Waals surface area contributed by atoms with Crippen molar-refractivity contribution in [2.24, 2.45) is 5.41 Å². The van der Waals surface area contributed by atoms with Crippen LogP contribution in [0.1, 0.15) is 18.4 Å². The Hall–Kier alpha value is -1.27. The highest BCUT2D eigenvalue weighted by Gasteiger charge is 2.49. The fourth-order valence-corrected chi connectivity index (χ4v) is 2.72. The van der Waals surface area contributed by atoms with E-state index in [4.69, 9.17) is 9.47 Å². The first kappa shape index (κ1) is 13.2. The maximum atomic E-state index is 12.2. The minimum Gasteiger partial charge on any atom is -0.465 e. The first-order valence-corrected chi connectivity index (χ1v) is 6.73. The molecule has 6 heteroatoms. The average Bonchev–Trinajstić information content (AvgIpc) is 2.85. The minimum atomic E-state index is -1.20. The number of hydrogen-bond acceptors (Lipinski definition) is 6. The van der Waals surface area contributed by atoms with E-state index in [0.29, 0.717) is 6.61 Å². The lowest BCUT2D eigenvalue weighted by atomic mass is 9.78. The number of rotatable bonds is 4. The maximum Gasteiger partial charge on any atom is 0.322 e. The van der Waals surface area contributed by atoms with Crippen LogP contribution < -0.4 is 0 Å². The lowest BCUT2D eigenvalue weighted by Crippen LogP contribution is -2.49. The smallest absolute Gasteiger partial charge is 0.322 e. The Bertz CT molecular complexity index is 431. The van der Waals surface area contributed by atoms with Gasteiger partial charge in [0.1, 0.15) is 0 Å². The molecule has 1 saturated heterocycles. The Morgan fingerprint density at radius 2 is 2.50 bits per heavy atom. The molecule has 1 unspecified atom stereocenters. The molecule has 0 saturated carbocycles. The molecule has 1 aliphatic rings. The molecule has 5 nitrogen and oxygen atoms in total. The summed E-state index contributed by atoms with van der Waals surface area (Å²) < 4.78 is 10.4. The van der Waals surface area contributed by atoms with Crippen LogP contribution in [-0.4, -0.2) is 36.6 Å². The van der Waals surface area contributed by atoms with Crippen molar-refractivity contribution in [1.29, 1.82) is 0 Å². The molecule has 0 amide bonds. The Balaban J connectivity index is 2.26. The Morgan fingerprint density at radius 3 is 3.11 bits per heavy atom. The third-order valence-corrected chi connectivity index (χ3v) is 3.74. The van der Waals surface area contributed by atoms with Gasteiger partial charge < -0.3 is 9.47 Å². The van der Waals surface area contributed by atoms with E-state index in [9.17, 15) is 9.59 Å². The number of hydrogen-bond donors (Lipinski definition) is 0. The van der Waals surface area contributed by atoms with E-state index >= 15 is 0 Å². The Kier molecular flexibility index (Phi) is 4.08. The summed E-state index contributed by atoms with van der Waals surface area (Å²) in [7, 11) is 0. The Morgan fingerprint density at radius 1 is 1.67 bits per heavy atom. The third-order valence-electron chi connectivity index (χ3n) is 2.96. The second kappa shape index (κ2) is 5.58. The summed E-state index contributed by atoms with van der Waals surface area (Å²) in [6, 6.07) is 0. The molecule has 0 radical (unpaired) electrons. The predicted octanol–water partition coefficient (Wildman–Crippen LogP) is 1.22. The van der Waals surface area contributed by atoms with Crippen molar-refractivity contribution in [3.05, 3.63) is 16.6 Å². The highest BCUT2D eigenvalue weighted by Crippen LogP contribution is 2.32. The lowest BCUT2D eigenvalue weighted by molar-refractivity contribution is -0.169. The molecule has 18 heavy (non-hydrogen) atoms. The highest BCUT2D eigenvalue weighted by molar-refractivity contribution is 7.09. The normalized spacial score (nSPS) is 23.9. The molecule has 2 rings (SSSR count). The average molecular weight is 269 g/mol. The monoisotopic (exact) mass is 269 g/mol. The molecule has 1 aromatic heterocycles. The van der Waals surface area contributed by atoms with Gasteiger partial charge in [0.05, 0.1) is 24.8 Å². The number of carbonyl (C=O) groups excluding carboxylic acids is 2. The van der Waals surface area contributed by atoms with Gasteiger partial charge >= 0.3 is 5.97 Å². The summed E-state index contributed by atoms with van der Waals surface area (Å²) in [5, 5.41) is 2.57. The molecule has 1 aliphatic heterocycles. The molecule has 0 N–H and O–H groups in total. The standard InChI is InChI=1S/C12H15NO4S/c1-2-17-11(15)12(7-10-13-4-6-18-10)8-16-5-3-9(12)14/h4,6H,2-3,5,7-8H2,1H3. The molecule has 98 valence electrons. The number of ether oxygens (including phenoxy) is 2. The molecule has 2 heterocycles. The largest absolute Gasteiger partial charge is 0.465 e. The van der Waals surface area contributed by atoms with E-state index in [2.05, 4.69) is 4.98 Å². The highest BCUT2D eigenvalue weighted by atomic mass is 32.1. The van der Waals surface area contributed by atoms with Crippen LogP contribution in [0.4, 0.5) is 0 Å². The maximum absolute atomic E-state index is 12.2. The summed E-state index contributed by atoms with van der Waals surface area (Å²) in [4.78, 5) is 28.4. The summed E-state index contributed by atoms with van der Waals surface area (Å²) in [5.41, 5.74) is -1.20. The van der Waals surface area contributed by atoms with E-state index in [1.165, 1.54) is 11.3 Å². The number of nitrogens with zero attached hydrogens (tertiary/aromatic N) is 1. The van der Waals surface area contributed by atoms with Crippen molar-refractivity contribution in [3.8, 4) is 0 Å². The van der Waals surface area contributed by atoms with Crippen molar-refractivity contribution in [2.45, 2.75) is 19.8 Å². The predicted molar refractivity (Wildman–Crippen MR) is 65.3 cm³/mol. The summed E-state index contributed by atoms with van der Waals surface area (Å²) >= 11 is 1.43. The number of ketones is 1. The van der Waals surface area contributed by atoms with Crippen molar-refractivity contribution in [3.63, 3.8) is 0 Å². The molecule has 0 bridgehead atoms. The lowest BCUT2D eigenvalue weighted by Gasteiger charge is -2.32. The van der Waals surface area contributed by atoms with Crippen LogP contribution in [-0.2, 0) is 25.5 Å². The van der Waals surface area contributed by atoms with Crippen LogP contribution >= 0.6 is 11.3 Å². The van der Waals surface area contributed by atoms with Crippen molar-refractivity contribution in [1.82, 2.24) is 4.98 Å². The van der Waals surface area contributed by atoms with Gasteiger partial charge in [0, 0.05) is 24.4 Å². The topological polar surface area (TPSA) is 65.5 Å². The molecule has 1 atom stereocenters. The quantitative estimate of drug-likeness (QED) is 0.607.